The van der Waals surface area contributed by atoms with E-state index in [1.165, 1.54) is 18.2 Å². The molecule has 0 aliphatic rings. The van der Waals surface area contributed by atoms with E-state index in [0.29, 0.717) is 10.2 Å². The molecule has 1 N–H and O–H groups in total. The van der Waals surface area contributed by atoms with Crippen LogP contribution >= 0.6 is 15.9 Å². The number of nitrogens with one attached hydrogen (secondary N) is 1. The van der Waals surface area contributed by atoms with E-state index >= 15 is 0 Å². The molecule has 0 atom stereocenters. The van der Waals surface area contributed by atoms with Crippen molar-refractivity contribution in [2.24, 2.45) is 0 Å². The largest absolute Gasteiger partial charge is 0.365 e. The zero-order valence-corrected chi connectivity index (χ0v) is 13.4. The maximum atomic E-state index is 12.1. The first-order valence-corrected chi connectivity index (χ1v) is 7.26. The van der Waals surface area contributed by atoms with Crippen molar-refractivity contribution in [3.8, 4) is 0 Å². The summed E-state index contributed by atoms with van der Waals surface area (Å²) in [7, 11) is 1.82. The van der Waals surface area contributed by atoms with Gasteiger partial charge in [-0.05, 0) is 34.1 Å². The van der Waals surface area contributed by atoms with Gasteiger partial charge in [-0.3, -0.25) is 14.9 Å². The number of nitro groups is 1. The van der Waals surface area contributed by atoms with Crippen LogP contribution in [0.4, 0.5) is 17.1 Å². The quantitative estimate of drug-likeness (QED) is 0.652. The van der Waals surface area contributed by atoms with Crippen LogP contribution in [-0.4, -0.2) is 24.4 Å². The van der Waals surface area contributed by atoms with Gasteiger partial charge in [0.2, 0.25) is 5.91 Å². The van der Waals surface area contributed by atoms with Crippen molar-refractivity contribution in [1.29, 1.82) is 0 Å². The van der Waals surface area contributed by atoms with Crippen molar-refractivity contribution in [3.05, 3.63) is 63.1 Å². The van der Waals surface area contributed by atoms with Crippen LogP contribution in [0.3, 0.4) is 0 Å². The monoisotopic (exact) mass is 363 g/mol. The number of rotatable bonds is 5. The molecule has 0 radical (unpaired) electrons. The number of para-hydroxylation sites is 1. The molecule has 0 aromatic heterocycles. The molecule has 7 heteroatoms. The van der Waals surface area contributed by atoms with E-state index in [-0.39, 0.29) is 18.1 Å². The Bertz CT molecular complexity index is 692. The highest BCUT2D eigenvalue weighted by molar-refractivity contribution is 9.10. The standard InChI is InChI=1S/C15H14BrN3O3/c1-18(11-5-3-2-4-6-11)10-15(20)17-14-8-7-12(19(21)22)9-13(14)16/h2-9H,10H2,1H3,(H,17,20). The lowest BCUT2D eigenvalue weighted by atomic mass is 10.2. The van der Waals surface area contributed by atoms with Crippen LogP contribution in [0.15, 0.2) is 53.0 Å². The van der Waals surface area contributed by atoms with Crippen molar-refractivity contribution in [1.82, 2.24) is 0 Å². The number of carbonyl (C=O) groups is 1. The molecule has 1 amide bonds. The molecule has 2 rings (SSSR count). The minimum atomic E-state index is -0.487. The summed E-state index contributed by atoms with van der Waals surface area (Å²) in [4.78, 5) is 24.1. The van der Waals surface area contributed by atoms with Crippen LogP contribution in [0.25, 0.3) is 0 Å². The maximum absolute atomic E-state index is 12.1. The second-order valence-electron chi connectivity index (χ2n) is 4.66. The number of hydrogen-bond acceptors (Lipinski definition) is 4. The van der Waals surface area contributed by atoms with Crippen LogP contribution in [-0.2, 0) is 4.79 Å². The molecule has 0 saturated heterocycles. The zero-order chi connectivity index (χ0) is 16.1. The van der Waals surface area contributed by atoms with Crippen LogP contribution in [0.5, 0.6) is 0 Å². The minimum Gasteiger partial charge on any atom is -0.365 e. The fourth-order valence-electron chi connectivity index (χ4n) is 1.90. The Morgan fingerprint density at radius 3 is 2.55 bits per heavy atom. The second-order valence-corrected chi connectivity index (χ2v) is 5.52. The van der Waals surface area contributed by atoms with Crippen LogP contribution in [0.1, 0.15) is 0 Å². The number of non-ortho nitro benzene ring substituents is 1. The summed E-state index contributed by atoms with van der Waals surface area (Å²) in [5.74, 6) is -0.207. The number of likely N-dealkylation sites (N-methyl/N-ethyl adjacent to an activating group) is 1. The number of hydrogen-bond donors (Lipinski definition) is 1. The molecule has 0 unspecified atom stereocenters. The third-order valence-electron chi connectivity index (χ3n) is 3.02. The van der Waals surface area contributed by atoms with Crippen LogP contribution < -0.4 is 10.2 Å². The molecule has 0 aliphatic carbocycles. The molecule has 22 heavy (non-hydrogen) atoms. The number of amides is 1. The third-order valence-corrected chi connectivity index (χ3v) is 3.67. The summed E-state index contributed by atoms with van der Waals surface area (Å²) < 4.78 is 0.470. The van der Waals surface area contributed by atoms with Gasteiger partial charge < -0.3 is 10.2 Å². The van der Waals surface area contributed by atoms with E-state index < -0.39 is 4.92 Å². The highest BCUT2D eigenvalue weighted by Gasteiger charge is 2.12. The predicted octanol–water partition coefficient (Wildman–Crippen LogP) is 3.43. The molecule has 114 valence electrons. The van der Waals surface area contributed by atoms with E-state index in [4.69, 9.17) is 0 Å². The highest BCUT2D eigenvalue weighted by Crippen LogP contribution is 2.27. The Morgan fingerprint density at radius 2 is 1.95 bits per heavy atom. The summed E-state index contributed by atoms with van der Waals surface area (Å²) in [5.41, 5.74) is 1.39. The maximum Gasteiger partial charge on any atom is 0.270 e. The van der Waals surface area contributed by atoms with E-state index in [9.17, 15) is 14.9 Å². The Labute approximate surface area is 136 Å². The number of anilines is 2. The molecule has 0 fully saturated rings. The molecular formula is C15H14BrN3O3. The number of nitrogens with zero attached hydrogens (tertiary/aromatic N) is 2. The fourth-order valence-corrected chi connectivity index (χ4v) is 2.36. The van der Waals surface area contributed by atoms with E-state index in [2.05, 4.69) is 21.2 Å². The van der Waals surface area contributed by atoms with Crippen molar-refractivity contribution in [3.63, 3.8) is 0 Å². The van der Waals surface area contributed by atoms with Crippen molar-refractivity contribution >= 4 is 38.9 Å². The van der Waals surface area contributed by atoms with Crippen molar-refractivity contribution < 1.29 is 9.72 Å². The molecule has 2 aromatic rings. The Kier molecular flexibility index (Phi) is 5.11. The topological polar surface area (TPSA) is 75.5 Å². The number of halogens is 1. The average molecular weight is 364 g/mol. The molecule has 0 aliphatic heterocycles. The van der Waals surface area contributed by atoms with E-state index in [1.54, 1.807) is 0 Å². The van der Waals surface area contributed by atoms with Crippen molar-refractivity contribution in [2.75, 3.05) is 23.8 Å². The Hall–Kier alpha value is -2.41. The molecular weight excluding hydrogens is 350 g/mol. The lowest BCUT2D eigenvalue weighted by molar-refractivity contribution is -0.384. The SMILES string of the molecule is CN(CC(=O)Nc1ccc([N+](=O)[O-])cc1Br)c1ccccc1. The van der Waals surface area contributed by atoms with Gasteiger partial charge in [-0.2, -0.15) is 0 Å². The lowest BCUT2D eigenvalue weighted by Crippen LogP contribution is -2.30. The fraction of sp³-hybridized carbons (Fsp3) is 0.133. The van der Waals surface area contributed by atoms with E-state index in [0.717, 1.165) is 5.69 Å². The normalized spacial score (nSPS) is 10.1. The highest BCUT2D eigenvalue weighted by atomic mass is 79.9. The van der Waals surface area contributed by atoms with Gasteiger partial charge in [-0.15, -0.1) is 0 Å². The molecule has 0 saturated carbocycles. The molecule has 6 nitrogen and oxygen atoms in total. The lowest BCUT2D eigenvalue weighted by Gasteiger charge is -2.18. The van der Waals surface area contributed by atoms with Gasteiger partial charge >= 0.3 is 0 Å². The third kappa shape index (κ3) is 4.05. The second kappa shape index (κ2) is 7.04. The minimum absolute atomic E-state index is 0.0359. The van der Waals surface area contributed by atoms with Gasteiger partial charge in [0.25, 0.3) is 5.69 Å². The summed E-state index contributed by atoms with van der Waals surface area (Å²) >= 11 is 3.22. The Balaban J connectivity index is 2.02. The molecule has 0 spiro atoms. The predicted molar refractivity (Wildman–Crippen MR) is 89.1 cm³/mol. The van der Waals surface area contributed by atoms with Gasteiger partial charge in [0.1, 0.15) is 0 Å². The first-order chi connectivity index (χ1) is 10.5. The average Bonchev–Trinajstić information content (AvgIpc) is 2.50. The molecule has 0 bridgehead atoms. The van der Waals surface area contributed by atoms with Gasteiger partial charge in [-0.1, -0.05) is 18.2 Å². The van der Waals surface area contributed by atoms with Gasteiger partial charge in [0, 0.05) is 29.3 Å². The van der Waals surface area contributed by atoms with Crippen LogP contribution in [0.2, 0.25) is 0 Å². The first-order valence-electron chi connectivity index (χ1n) is 6.47. The molecule has 2 aromatic carbocycles. The number of benzene rings is 2. The summed E-state index contributed by atoms with van der Waals surface area (Å²) in [6.45, 7) is 0.174. The van der Waals surface area contributed by atoms with E-state index in [1.807, 2.05) is 42.3 Å². The molecule has 0 heterocycles. The van der Waals surface area contributed by atoms with Gasteiger partial charge in [0.15, 0.2) is 0 Å². The van der Waals surface area contributed by atoms with Crippen molar-refractivity contribution in [2.45, 2.75) is 0 Å². The summed E-state index contributed by atoms with van der Waals surface area (Å²) in [5, 5.41) is 13.4. The van der Waals surface area contributed by atoms with Gasteiger partial charge in [0.05, 0.1) is 17.2 Å². The zero-order valence-electron chi connectivity index (χ0n) is 11.8. The Morgan fingerprint density at radius 1 is 1.27 bits per heavy atom. The number of carbonyl (C=O) groups excluding carboxylic acids is 1. The van der Waals surface area contributed by atoms with Gasteiger partial charge in [-0.25, -0.2) is 0 Å². The number of nitro benzene ring substituents is 1. The summed E-state index contributed by atoms with van der Waals surface area (Å²) in [6, 6.07) is 13.7. The smallest absolute Gasteiger partial charge is 0.270 e. The van der Waals surface area contributed by atoms with Crippen LogP contribution in [0, 0.1) is 10.1 Å². The summed E-state index contributed by atoms with van der Waals surface area (Å²) in [6.07, 6.45) is 0. The first kappa shape index (κ1) is 16.0.